The molecule has 0 bridgehead atoms. The Bertz CT molecular complexity index is 568. The number of allylic oxidation sites excluding steroid dienone is 1. The van der Waals surface area contributed by atoms with Crippen LogP contribution in [0.3, 0.4) is 0 Å². The molecule has 108 valence electrons. The molecule has 20 heavy (non-hydrogen) atoms. The fourth-order valence-electron chi connectivity index (χ4n) is 2.51. The van der Waals surface area contributed by atoms with Gasteiger partial charge in [0.05, 0.1) is 18.8 Å². The van der Waals surface area contributed by atoms with Gasteiger partial charge in [-0.3, -0.25) is 4.99 Å². The molecule has 1 unspecified atom stereocenters. The van der Waals surface area contributed by atoms with Crippen LogP contribution in [0, 0.1) is 0 Å². The van der Waals surface area contributed by atoms with Crippen molar-refractivity contribution in [2.24, 2.45) is 4.99 Å². The minimum Gasteiger partial charge on any atom is -0.491 e. The summed E-state index contributed by atoms with van der Waals surface area (Å²) in [6.45, 7) is 10.7. The molecule has 0 radical (unpaired) electrons. The first kappa shape index (κ1) is 14.8. The zero-order chi connectivity index (χ0) is 14.9. The zero-order valence-electron chi connectivity index (χ0n) is 12.9. The normalized spacial score (nSPS) is 16.6. The summed E-state index contributed by atoms with van der Waals surface area (Å²) in [4.78, 5) is 4.48. The van der Waals surface area contributed by atoms with E-state index in [2.05, 4.69) is 11.9 Å². The van der Waals surface area contributed by atoms with Crippen LogP contribution in [0.1, 0.15) is 51.8 Å². The predicted octanol–water partition coefficient (Wildman–Crippen LogP) is 3.78. The molecule has 1 atom stereocenters. The van der Waals surface area contributed by atoms with Crippen LogP contribution < -0.4 is 4.74 Å². The Morgan fingerprint density at radius 1 is 1.15 bits per heavy atom. The SMILES string of the molecule is CC1=NCC(C)=C1c1cc(OC(C)C)cc(C(C)O)c1. The second-order valence-corrected chi connectivity index (χ2v) is 5.69. The van der Waals surface area contributed by atoms with Gasteiger partial charge in [-0.15, -0.1) is 0 Å². The summed E-state index contributed by atoms with van der Waals surface area (Å²) in [5, 5.41) is 9.88. The number of aliphatic hydroxyl groups is 1. The van der Waals surface area contributed by atoms with E-state index < -0.39 is 6.10 Å². The summed E-state index contributed by atoms with van der Waals surface area (Å²) in [6.07, 6.45) is -0.399. The Hall–Kier alpha value is -1.61. The molecule has 0 saturated heterocycles. The predicted molar refractivity (Wildman–Crippen MR) is 83.4 cm³/mol. The Morgan fingerprint density at radius 3 is 2.35 bits per heavy atom. The molecular weight excluding hydrogens is 250 g/mol. The third kappa shape index (κ3) is 3.10. The maximum Gasteiger partial charge on any atom is 0.120 e. The highest BCUT2D eigenvalue weighted by Crippen LogP contribution is 2.31. The standard InChI is InChI=1S/C17H23NO2/c1-10(2)20-16-7-14(13(5)19)6-15(8-16)17-11(3)9-18-12(17)4/h6-8,10,13,19H,9H2,1-5H3. The lowest BCUT2D eigenvalue weighted by Gasteiger charge is -2.16. The van der Waals surface area contributed by atoms with Crippen molar-refractivity contribution in [1.29, 1.82) is 0 Å². The lowest BCUT2D eigenvalue weighted by atomic mass is 9.95. The minimum atomic E-state index is -0.510. The van der Waals surface area contributed by atoms with E-state index in [0.29, 0.717) is 0 Å². The van der Waals surface area contributed by atoms with Crippen molar-refractivity contribution in [3.8, 4) is 5.75 Å². The van der Waals surface area contributed by atoms with Crippen molar-refractivity contribution in [3.63, 3.8) is 0 Å². The first-order valence-electron chi connectivity index (χ1n) is 7.09. The average molecular weight is 273 g/mol. The Kier molecular flexibility index (Phi) is 4.29. The van der Waals surface area contributed by atoms with Gasteiger partial charge in [0, 0.05) is 11.3 Å². The number of nitrogens with zero attached hydrogens (tertiary/aromatic N) is 1. The fraction of sp³-hybridized carbons (Fsp3) is 0.471. The number of ether oxygens (including phenoxy) is 1. The quantitative estimate of drug-likeness (QED) is 0.907. The van der Waals surface area contributed by atoms with E-state index in [1.807, 2.05) is 39.0 Å². The smallest absolute Gasteiger partial charge is 0.120 e. The number of hydrogen-bond donors (Lipinski definition) is 1. The summed E-state index contributed by atoms with van der Waals surface area (Å²) < 4.78 is 5.80. The van der Waals surface area contributed by atoms with Gasteiger partial charge in [0.2, 0.25) is 0 Å². The van der Waals surface area contributed by atoms with E-state index in [-0.39, 0.29) is 6.10 Å². The van der Waals surface area contributed by atoms with Crippen molar-refractivity contribution in [2.75, 3.05) is 6.54 Å². The van der Waals surface area contributed by atoms with Crippen molar-refractivity contribution in [3.05, 3.63) is 34.9 Å². The van der Waals surface area contributed by atoms with Gasteiger partial charge in [-0.05, 0) is 69.5 Å². The van der Waals surface area contributed by atoms with Gasteiger partial charge < -0.3 is 9.84 Å². The van der Waals surface area contributed by atoms with Crippen molar-refractivity contribution in [2.45, 2.75) is 46.8 Å². The van der Waals surface area contributed by atoms with Crippen LogP contribution in [0.15, 0.2) is 28.8 Å². The highest BCUT2D eigenvalue weighted by molar-refractivity contribution is 6.25. The second-order valence-electron chi connectivity index (χ2n) is 5.69. The number of aliphatic imine (C=N–C) groups is 1. The highest BCUT2D eigenvalue weighted by atomic mass is 16.5. The topological polar surface area (TPSA) is 41.8 Å². The molecule has 2 rings (SSSR count). The molecule has 1 N–H and O–H groups in total. The van der Waals surface area contributed by atoms with Gasteiger partial charge in [0.25, 0.3) is 0 Å². The zero-order valence-corrected chi connectivity index (χ0v) is 12.9. The lowest BCUT2D eigenvalue weighted by molar-refractivity contribution is 0.197. The van der Waals surface area contributed by atoms with E-state index >= 15 is 0 Å². The summed E-state index contributed by atoms with van der Waals surface area (Å²) in [5.41, 5.74) is 5.45. The highest BCUT2D eigenvalue weighted by Gasteiger charge is 2.17. The Balaban J connectivity index is 2.50. The minimum absolute atomic E-state index is 0.112. The van der Waals surface area contributed by atoms with E-state index in [1.54, 1.807) is 6.92 Å². The molecule has 1 aliphatic rings. The monoisotopic (exact) mass is 273 g/mol. The summed E-state index contributed by atoms with van der Waals surface area (Å²) in [7, 11) is 0. The van der Waals surface area contributed by atoms with Crippen LogP contribution in [0.2, 0.25) is 0 Å². The first-order chi connectivity index (χ1) is 9.38. The van der Waals surface area contributed by atoms with E-state index in [0.717, 1.165) is 29.1 Å². The van der Waals surface area contributed by atoms with Crippen molar-refractivity contribution in [1.82, 2.24) is 0 Å². The third-order valence-electron chi connectivity index (χ3n) is 3.41. The Labute approximate surface area is 121 Å². The number of aliphatic hydroxyl groups excluding tert-OH is 1. The molecule has 3 heteroatoms. The molecule has 0 saturated carbocycles. The molecule has 0 aliphatic carbocycles. The number of hydrogen-bond acceptors (Lipinski definition) is 3. The summed E-state index contributed by atoms with van der Waals surface area (Å²) in [6, 6.07) is 5.97. The molecule has 1 aromatic carbocycles. The molecule has 0 aromatic heterocycles. The van der Waals surface area contributed by atoms with Gasteiger partial charge in [0.15, 0.2) is 0 Å². The number of benzene rings is 1. The van der Waals surface area contributed by atoms with Crippen molar-refractivity contribution >= 4 is 11.3 Å². The molecule has 1 aliphatic heterocycles. The van der Waals surface area contributed by atoms with E-state index in [9.17, 15) is 5.11 Å². The van der Waals surface area contributed by atoms with Gasteiger partial charge in [-0.25, -0.2) is 0 Å². The summed E-state index contributed by atoms with van der Waals surface area (Å²) >= 11 is 0. The Morgan fingerprint density at radius 2 is 1.85 bits per heavy atom. The fourth-order valence-corrected chi connectivity index (χ4v) is 2.51. The first-order valence-corrected chi connectivity index (χ1v) is 7.09. The maximum absolute atomic E-state index is 9.88. The van der Waals surface area contributed by atoms with Gasteiger partial charge in [-0.1, -0.05) is 0 Å². The largest absolute Gasteiger partial charge is 0.491 e. The third-order valence-corrected chi connectivity index (χ3v) is 3.41. The van der Waals surface area contributed by atoms with Gasteiger partial charge >= 0.3 is 0 Å². The van der Waals surface area contributed by atoms with Crippen LogP contribution in [0.25, 0.3) is 5.57 Å². The van der Waals surface area contributed by atoms with Crippen LogP contribution in [0.5, 0.6) is 5.75 Å². The second kappa shape index (κ2) is 5.80. The molecule has 3 nitrogen and oxygen atoms in total. The van der Waals surface area contributed by atoms with Gasteiger partial charge in [0.1, 0.15) is 5.75 Å². The number of rotatable bonds is 4. The van der Waals surface area contributed by atoms with E-state index in [1.165, 1.54) is 11.1 Å². The van der Waals surface area contributed by atoms with Crippen LogP contribution in [-0.2, 0) is 0 Å². The molecule has 0 spiro atoms. The maximum atomic E-state index is 9.88. The lowest BCUT2D eigenvalue weighted by Crippen LogP contribution is -2.07. The summed E-state index contributed by atoms with van der Waals surface area (Å²) in [5.74, 6) is 0.799. The van der Waals surface area contributed by atoms with Gasteiger partial charge in [-0.2, -0.15) is 0 Å². The molecule has 0 fully saturated rings. The van der Waals surface area contributed by atoms with Crippen LogP contribution in [0.4, 0.5) is 0 Å². The molecule has 1 heterocycles. The molecule has 1 aromatic rings. The molecular formula is C17H23NO2. The van der Waals surface area contributed by atoms with Crippen LogP contribution >= 0.6 is 0 Å². The van der Waals surface area contributed by atoms with E-state index in [4.69, 9.17) is 4.74 Å². The molecule has 0 amide bonds. The van der Waals surface area contributed by atoms with Crippen molar-refractivity contribution < 1.29 is 9.84 Å². The van der Waals surface area contributed by atoms with Crippen LogP contribution in [-0.4, -0.2) is 23.5 Å². The average Bonchev–Trinajstić information content (AvgIpc) is 2.67.